The zero-order chi connectivity index (χ0) is 16.4. The third-order valence-electron chi connectivity index (χ3n) is 3.25. The third-order valence-corrected chi connectivity index (χ3v) is 3.25. The lowest BCUT2D eigenvalue weighted by Gasteiger charge is -2.13. The molecule has 0 aliphatic carbocycles. The molecular formula is C16H30N4O2. The van der Waals surface area contributed by atoms with E-state index in [2.05, 4.69) is 48.5 Å². The van der Waals surface area contributed by atoms with Crippen LogP contribution in [0.15, 0.2) is 9.52 Å². The largest absolute Gasteiger partial charge is 0.379 e. The summed E-state index contributed by atoms with van der Waals surface area (Å²) in [4.78, 5) is 4.22. The van der Waals surface area contributed by atoms with E-state index in [4.69, 9.17) is 9.26 Å². The molecule has 1 aromatic rings. The van der Waals surface area contributed by atoms with Gasteiger partial charge in [-0.3, -0.25) is 4.99 Å². The Kier molecular flexibility index (Phi) is 8.58. The Bertz CT molecular complexity index is 433. The van der Waals surface area contributed by atoms with Crippen LogP contribution in [0.1, 0.15) is 44.7 Å². The Balaban J connectivity index is 2.39. The molecule has 2 N–H and O–H groups in total. The van der Waals surface area contributed by atoms with Crippen LogP contribution in [0.2, 0.25) is 0 Å². The van der Waals surface area contributed by atoms with Gasteiger partial charge in [-0.2, -0.15) is 0 Å². The zero-order valence-corrected chi connectivity index (χ0v) is 14.5. The Hall–Kier alpha value is -1.56. The van der Waals surface area contributed by atoms with Gasteiger partial charge < -0.3 is 19.9 Å². The van der Waals surface area contributed by atoms with Crippen LogP contribution in [-0.2, 0) is 24.1 Å². The van der Waals surface area contributed by atoms with E-state index in [0.29, 0.717) is 19.1 Å². The second kappa shape index (κ2) is 10.2. The minimum Gasteiger partial charge on any atom is -0.379 e. The highest BCUT2D eigenvalue weighted by Crippen LogP contribution is 2.15. The molecule has 0 unspecified atom stereocenters. The molecule has 0 spiro atoms. The molecule has 0 fully saturated rings. The lowest BCUT2D eigenvalue weighted by atomic mass is 10.1. The quantitative estimate of drug-likeness (QED) is 0.415. The normalized spacial score (nSPS) is 12.0. The van der Waals surface area contributed by atoms with Crippen molar-refractivity contribution in [1.82, 2.24) is 15.8 Å². The molecule has 126 valence electrons. The highest BCUT2D eigenvalue weighted by molar-refractivity contribution is 5.79. The fourth-order valence-electron chi connectivity index (χ4n) is 2.09. The van der Waals surface area contributed by atoms with Crippen LogP contribution < -0.4 is 10.6 Å². The van der Waals surface area contributed by atoms with E-state index in [1.165, 1.54) is 0 Å². The Morgan fingerprint density at radius 1 is 1.27 bits per heavy atom. The van der Waals surface area contributed by atoms with Crippen LogP contribution in [-0.4, -0.2) is 37.9 Å². The summed E-state index contributed by atoms with van der Waals surface area (Å²) < 4.78 is 10.9. The number of aryl methyl sites for hydroxylation is 2. The molecule has 6 nitrogen and oxygen atoms in total. The molecule has 0 bridgehead atoms. The summed E-state index contributed by atoms with van der Waals surface area (Å²) in [6, 6.07) is 0. The summed E-state index contributed by atoms with van der Waals surface area (Å²) in [6.45, 7) is 11.3. The molecule has 1 aromatic heterocycles. The number of hydrogen-bond donors (Lipinski definition) is 2. The standard InChI is InChI=1S/C16H30N4O2/c1-6-14-13(15(7-2)22-20-14)10-19-16(17-5)18-8-9-21-11-12(3)4/h12H,6-11H2,1-5H3,(H2,17,18,19). The zero-order valence-electron chi connectivity index (χ0n) is 14.5. The second-order valence-electron chi connectivity index (χ2n) is 5.56. The maximum absolute atomic E-state index is 5.54. The molecule has 0 saturated carbocycles. The van der Waals surface area contributed by atoms with E-state index in [0.717, 1.165) is 49.0 Å². The summed E-state index contributed by atoms with van der Waals surface area (Å²) in [7, 11) is 1.76. The number of aliphatic imine (C=N–C) groups is 1. The van der Waals surface area contributed by atoms with Crippen molar-refractivity contribution >= 4 is 5.96 Å². The molecule has 0 amide bonds. The van der Waals surface area contributed by atoms with Gasteiger partial charge in [-0.15, -0.1) is 0 Å². The lowest BCUT2D eigenvalue weighted by Crippen LogP contribution is -2.38. The van der Waals surface area contributed by atoms with E-state index < -0.39 is 0 Å². The van der Waals surface area contributed by atoms with Crippen molar-refractivity contribution in [2.45, 2.75) is 47.1 Å². The van der Waals surface area contributed by atoms with E-state index in [1.807, 2.05) is 0 Å². The first-order chi connectivity index (χ1) is 10.6. The average molecular weight is 310 g/mol. The average Bonchev–Trinajstić information content (AvgIpc) is 2.91. The Labute approximate surface area is 133 Å². The second-order valence-corrected chi connectivity index (χ2v) is 5.56. The predicted molar refractivity (Wildman–Crippen MR) is 89.1 cm³/mol. The van der Waals surface area contributed by atoms with Crippen molar-refractivity contribution in [3.8, 4) is 0 Å². The van der Waals surface area contributed by atoms with Crippen molar-refractivity contribution in [2.75, 3.05) is 26.8 Å². The van der Waals surface area contributed by atoms with Crippen LogP contribution in [0.5, 0.6) is 0 Å². The molecule has 1 rings (SSSR count). The topological polar surface area (TPSA) is 71.7 Å². The smallest absolute Gasteiger partial charge is 0.191 e. The third kappa shape index (κ3) is 6.05. The van der Waals surface area contributed by atoms with E-state index in [-0.39, 0.29) is 0 Å². The number of nitrogens with one attached hydrogen (secondary N) is 2. The van der Waals surface area contributed by atoms with Gasteiger partial charge in [-0.1, -0.05) is 32.9 Å². The molecule has 0 atom stereocenters. The van der Waals surface area contributed by atoms with Gasteiger partial charge in [-0.05, 0) is 12.3 Å². The first kappa shape index (κ1) is 18.5. The first-order valence-corrected chi connectivity index (χ1v) is 8.10. The SMILES string of the molecule is CCc1noc(CC)c1CNC(=NC)NCCOCC(C)C. The van der Waals surface area contributed by atoms with Crippen LogP contribution >= 0.6 is 0 Å². The first-order valence-electron chi connectivity index (χ1n) is 8.10. The van der Waals surface area contributed by atoms with Gasteiger partial charge in [0, 0.05) is 38.7 Å². The summed E-state index contributed by atoms with van der Waals surface area (Å²) in [6.07, 6.45) is 1.72. The minimum absolute atomic E-state index is 0.561. The van der Waals surface area contributed by atoms with Crippen molar-refractivity contribution in [2.24, 2.45) is 10.9 Å². The van der Waals surface area contributed by atoms with Crippen molar-refractivity contribution in [3.63, 3.8) is 0 Å². The van der Waals surface area contributed by atoms with Gasteiger partial charge in [-0.25, -0.2) is 0 Å². The van der Waals surface area contributed by atoms with Gasteiger partial charge in [0.2, 0.25) is 0 Å². The molecule has 0 aliphatic rings. The molecule has 6 heteroatoms. The number of rotatable bonds is 9. The van der Waals surface area contributed by atoms with Crippen molar-refractivity contribution in [3.05, 3.63) is 17.0 Å². The molecule has 0 radical (unpaired) electrons. The number of nitrogens with zero attached hydrogens (tertiary/aromatic N) is 2. The minimum atomic E-state index is 0.561. The molecule has 1 heterocycles. The van der Waals surface area contributed by atoms with Gasteiger partial charge in [0.05, 0.1) is 12.3 Å². The molecular weight excluding hydrogens is 280 g/mol. The number of aromatic nitrogens is 1. The van der Waals surface area contributed by atoms with Crippen LogP contribution in [0.3, 0.4) is 0 Å². The van der Waals surface area contributed by atoms with Crippen molar-refractivity contribution < 1.29 is 9.26 Å². The monoisotopic (exact) mass is 310 g/mol. The fraction of sp³-hybridized carbons (Fsp3) is 0.750. The lowest BCUT2D eigenvalue weighted by molar-refractivity contribution is 0.114. The maximum Gasteiger partial charge on any atom is 0.191 e. The molecule has 0 saturated heterocycles. The number of guanidine groups is 1. The Morgan fingerprint density at radius 3 is 2.64 bits per heavy atom. The van der Waals surface area contributed by atoms with Gasteiger partial charge in [0.1, 0.15) is 5.76 Å². The molecule has 0 aromatic carbocycles. The summed E-state index contributed by atoms with van der Waals surface area (Å²) in [5.74, 6) is 2.27. The van der Waals surface area contributed by atoms with Crippen LogP contribution in [0, 0.1) is 5.92 Å². The fourth-order valence-corrected chi connectivity index (χ4v) is 2.09. The predicted octanol–water partition coefficient (Wildman–Crippen LogP) is 2.14. The summed E-state index contributed by atoms with van der Waals surface area (Å²) >= 11 is 0. The van der Waals surface area contributed by atoms with E-state index in [1.54, 1.807) is 7.05 Å². The molecule has 22 heavy (non-hydrogen) atoms. The van der Waals surface area contributed by atoms with Crippen LogP contribution in [0.4, 0.5) is 0 Å². The highest BCUT2D eigenvalue weighted by atomic mass is 16.5. The Morgan fingerprint density at radius 2 is 2.05 bits per heavy atom. The summed E-state index contributed by atoms with van der Waals surface area (Å²) in [5.41, 5.74) is 2.16. The van der Waals surface area contributed by atoms with Gasteiger partial charge >= 0.3 is 0 Å². The highest BCUT2D eigenvalue weighted by Gasteiger charge is 2.13. The van der Waals surface area contributed by atoms with Crippen molar-refractivity contribution in [1.29, 1.82) is 0 Å². The van der Waals surface area contributed by atoms with Gasteiger partial charge in [0.15, 0.2) is 5.96 Å². The number of ether oxygens (including phenoxy) is 1. The van der Waals surface area contributed by atoms with Crippen LogP contribution in [0.25, 0.3) is 0 Å². The van der Waals surface area contributed by atoms with Gasteiger partial charge in [0.25, 0.3) is 0 Å². The molecule has 0 aliphatic heterocycles. The maximum atomic E-state index is 5.54. The summed E-state index contributed by atoms with van der Waals surface area (Å²) in [5, 5.41) is 10.7. The van der Waals surface area contributed by atoms with E-state index >= 15 is 0 Å². The van der Waals surface area contributed by atoms with E-state index in [9.17, 15) is 0 Å². The number of hydrogen-bond acceptors (Lipinski definition) is 4.